The first kappa shape index (κ1) is 11.1. The molecule has 3 rings (SSSR count). The second-order valence-electron chi connectivity index (χ2n) is 3.94. The number of aromatic nitrogens is 3. The van der Waals surface area contributed by atoms with Crippen molar-refractivity contribution in [3.63, 3.8) is 0 Å². The highest BCUT2D eigenvalue weighted by Gasteiger charge is 2.05. The number of anilines is 2. The van der Waals surface area contributed by atoms with E-state index in [2.05, 4.69) is 26.3 Å². The minimum Gasteiger partial charge on any atom is -0.338 e. The Morgan fingerprint density at radius 1 is 1.11 bits per heavy atom. The Labute approximate surface area is 109 Å². The van der Waals surface area contributed by atoms with Gasteiger partial charge in [-0.3, -0.25) is 0 Å². The van der Waals surface area contributed by atoms with Crippen LogP contribution in [-0.2, 0) is 0 Å². The van der Waals surface area contributed by atoms with Crippen molar-refractivity contribution in [3.05, 3.63) is 54.6 Å². The van der Waals surface area contributed by atoms with Gasteiger partial charge in [0.25, 0.3) is 0 Å². The predicted octanol–water partition coefficient (Wildman–Crippen LogP) is 2.64. The number of para-hydroxylation sites is 1. The van der Waals surface area contributed by atoms with Crippen LogP contribution in [0.2, 0.25) is 0 Å². The molecule has 1 N–H and O–H groups in total. The quantitative estimate of drug-likeness (QED) is 0.753. The van der Waals surface area contributed by atoms with Gasteiger partial charge in [-0.05, 0) is 12.1 Å². The van der Waals surface area contributed by atoms with Crippen molar-refractivity contribution >= 4 is 22.4 Å². The molecule has 0 atom stereocenters. The van der Waals surface area contributed by atoms with E-state index in [1.165, 1.54) is 6.33 Å². The van der Waals surface area contributed by atoms with Gasteiger partial charge >= 0.3 is 0 Å². The Bertz CT molecular complexity index is 762. The number of hydrogen-bond donors (Lipinski definition) is 1. The molecule has 5 heteroatoms. The Morgan fingerprint density at radius 2 is 1.89 bits per heavy atom. The summed E-state index contributed by atoms with van der Waals surface area (Å²) in [5.41, 5.74) is 2.10. The highest BCUT2D eigenvalue weighted by molar-refractivity contribution is 5.86. The first-order chi connectivity index (χ1) is 9.36. The van der Waals surface area contributed by atoms with Gasteiger partial charge in [-0.25, -0.2) is 15.0 Å². The Morgan fingerprint density at radius 3 is 2.68 bits per heavy atom. The molecule has 2 heterocycles. The fraction of sp³-hybridized carbons (Fsp3) is 0. The molecule has 2 aromatic heterocycles. The van der Waals surface area contributed by atoms with Crippen molar-refractivity contribution in [2.45, 2.75) is 0 Å². The molecule has 0 amide bonds. The summed E-state index contributed by atoms with van der Waals surface area (Å²) >= 11 is 0. The molecule has 90 valence electrons. The van der Waals surface area contributed by atoms with Gasteiger partial charge in [-0.1, -0.05) is 18.2 Å². The number of hydrogen-bond acceptors (Lipinski definition) is 5. The lowest BCUT2D eigenvalue weighted by atomic mass is 10.1. The van der Waals surface area contributed by atoms with Crippen LogP contribution in [0, 0.1) is 11.3 Å². The molecular weight excluding hydrogens is 238 g/mol. The Balaban J connectivity index is 2.08. The SMILES string of the molecule is N#Cc1cc(Nc2cncnc2)nc2ccccc12. The first-order valence-electron chi connectivity index (χ1n) is 5.69. The van der Waals surface area contributed by atoms with E-state index in [1.54, 1.807) is 18.5 Å². The van der Waals surface area contributed by atoms with E-state index in [0.29, 0.717) is 11.4 Å². The van der Waals surface area contributed by atoms with Gasteiger partial charge in [0, 0.05) is 5.39 Å². The number of nitrogens with zero attached hydrogens (tertiary/aromatic N) is 4. The topological polar surface area (TPSA) is 74.5 Å². The molecule has 0 fully saturated rings. The zero-order chi connectivity index (χ0) is 13.1. The summed E-state index contributed by atoms with van der Waals surface area (Å²) in [6.45, 7) is 0. The average molecular weight is 247 g/mol. The van der Waals surface area contributed by atoms with Gasteiger partial charge in [-0.2, -0.15) is 5.26 Å². The largest absolute Gasteiger partial charge is 0.338 e. The second kappa shape index (κ2) is 4.70. The van der Waals surface area contributed by atoms with E-state index in [0.717, 1.165) is 16.6 Å². The third-order valence-electron chi connectivity index (χ3n) is 2.67. The number of fused-ring (bicyclic) bond motifs is 1. The second-order valence-corrected chi connectivity index (χ2v) is 3.94. The van der Waals surface area contributed by atoms with Crippen molar-refractivity contribution < 1.29 is 0 Å². The van der Waals surface area contributed by atoms with Gasteiger partial charge in [0.2, 0.25) is 0 Å². The van der Waals surface area contributed by atoms with E-state index in [4.69, 9.17) is 0 Å². The van der Waals surface area contributed by atoms with Crippen LogP contribution in [0.4, 0.5) is 11.5 Å². The molecule has 19 heavy (non-hydrogen) atoms. The number of nitrogens with one attached hydrogen (secondary N) is 1. The Kier molecular flexibility index (Phi) is 2.75. The number of rotatable bonds is 2. The maximum atomic E-state index is 9.20. The number of pyridine rings is 1. The number of nitriles is 1. The Hall–Kier alpha value is -3.00. The van der Waals surface area contributed by atoms with E-state index in [1.807, 2.05) is 24.3 Å². The van der Waals surface area contributed by atoms with Crippen LogP contribution in [-0.4, -0.2) is 15.0 Å². The molecule has 5 nitrogen and oxygen atoms in total. The zero-order valence-electron chi connectivity index (χ0n) is 9.91. The molecule has 1 aromatic carbocycles. The van der Waals surface area contributed by atoms with Crippen LogP contribution < -0.4 is 5.32 Å². The molecule has 0 aliphatic rings. The molecule has 0 radical (unpaired) electrons. The van der Waals surface area contributed by atoms with Crippen molar-refractivity contribution in [2.24, 2.45) is 0 Å². The molecule has 0 saturated heterocycles. The van der Waals surface area contributed by atoms with Gasteiger partial charge in [0.05, 0.1) is 35.2 Å². The first-order valence-corrected chi connectivity index (χ1v) is 5.69. The summed E-state index contributed by atoms with van der Waals surface area (Å²) < 4.78 is 0. The maximum absolute atomic E-state index is 9.20. The van der Waals surface area contributed by atoms with Crippen molar-refractivity contribution in [3.8, 4) is 6.07 Å². The van der Waals surface area contributed by atoms with Crippen molar-refractivity contribution in [1.82, 2.24) is 15.0 Å². The lowest BCUT2D eigenvalue weighted by molar-refractivity contribution is 1.16. The van der Waals surface area contributed by atoms with Crippen molar-refractivity contribution in [2.75, 3.05) is 5.32 Å². The third-order valence-corrected chi connectivity index (χ3v) is 2.67. The zero-order valence-corrected chi connectivity index (χ0v) is 9.91. The minimum absolute atomic E-state index is 0.588. The molecule has 0 aliphatic carbocycles. The standard InChI is InChI=1S/C14H9N5/c15-6-10-5-14(18-11-7-16-9-17-8-11)19-13-4-2-1-3-12(10)13/h1-5,7-9H,(H,18,19). The van der Waals surface area contributed by atoms with Crippen LogP contribution in [0.25, 0.3) is 10.9 Å². The van der Waals surface area contributed by atoms with E-state index >= 15 is 0 Å². The van der Waals surface area contributed by atoms with Crippen LogP contribution in [0.3, 0.4) is 0 Å². The molecule has 0 unspecified atom stereocenters. The fourth-order valence-electron chi connectivity index (χ4n) is 1.84. The summed E-state index contributed by atoms with van der Waals surface area (Å²) in [7, 11) is 0. The molecule has 0 bridgehead atoms. The number of benzene rings is 1. The lowest BCUT2D eigenvalue weighted by Gasteiger charge is -2.07. The lowest BCUT2D eigenvalue weighted by Crippen LogP contribution is -1.96. The van der Waals surface area contributed by atoms with Crippen LogP contribution in [0.5, 0.6) is 0 Å². The maximum Gasteiger partial charge on any atom is 0.132 e. The van der Waals surface area contributed by atoms with Gasteiger partial charge < -0.3 is 5.32 Å². The summed E-state index contributed by atoms with van der Waals surface area (Å²) in [4.78, 5) is 12.3. The predicted molar refractivity (Wildman–Crippen MR) is 71.8 cm³/mol. The fourth-order valence-corrected chi connectivity index (χ4v) is 1.84. The molecular formula is C14H9N5. The summed E-state index contributed by atoms with van der Waals surface area (Å²) in [6.07, 6.45) is 4.76. The van der Waals surface area contributed by atoms with Crippen molar-refractivity contribution in [1.29, 1.82) is 5.26 Å². The monoisotopic (exact) mass is 247 g/mol. The molecule has 0 spiro atoms. The molecule has 0 saturated carbocycles. The van der Waals surface area contributed by atoms with E-state index in [9.17, 15) is 5.26 Å². The van der Waals surface area contributed by atoms with Gasteiger partial charge in [-0.15, -0.1) is 0 Å². The summed E-state index contributed by atoms with van der Waals surface area (Å²) in [5, 5.41) is 13.1. The van der Waals surface area contributed by atoms with Crippen LogP contribution in [0.1, 0.15) is 5.56 Å². The van der Waals surface area contributed by atoms with E-state index < -0.39 is 0 Å². The highest BCUT2D eigenvalue weighted by Crippen LogP contribution is 2.21. The smallest absolute Gasteiger partial charge is 0.132 e. The molecule has 3 aromatic rings. The average Bonchev–Trinajstić information content (AvgIpc) is 2.47. The van der Waals surface area contributed by atoms with Gasteiger partial charge in [0.15, 0.2) is 0 Å². The summed E-state index contributed by atoms with van der Waals surface area (Å²) in [6, 6.07) is 11.5. The molecule has 0 aliphatic heterocycles. The van der Waals surface area contributed by atoms with Crippen LogP contribution in [0.15, 0.2) is 49.1 Å². The summed E-state index contributed by atoms with van der Waals surface area (Å²) in [5.74, 6) is 0.602. The van der Waals surface area contributed by atoms with E-state index in [-0.39, 0.29) is 0 Å². The third kappa shape index (κ3) is 2.19. The van der Waals surface area contributed by atoms with Crippen LogP contribution >= 0.6 is 0 Å². The minimum atomic E-state index is 0.588. The highest BCUT2D eigenvalue weighted by atomic mass is 15.0. The van der Waals surface area contributed by atoms with Gasteiger partial charge in [0.1, 0.15) is 12.1 Å². The normalized spacial score (nSPS) is 10.1.